The Morgan fingerprint density at radius 2 is 1.79 bits per heavy atom. The lowest BCUT2D eigenvalue weighted by Crippen LogP contribution is -2.00. The van der Waals surface area contributed by atoms with E-state index in [0.717, 1.165) is 5.69 Å². The minimum Gasteiger partial charge on any atom is -0.493 e. The van der Waals surface area contributed by atoms with E-state index < -0.39 is 0 Å². The molecule has 0 atom stereocenters. The molecule has 0 unspecified atom stereocenters. The number of nitrogens with zero attached hydrogens (tertiary/aromatic N) is 1. The van der Waals surface area contributed by atoms with E-state index in [9.17, 15) is 0 Å². The van der Waals surface area contributed by atoms with Crippen LogP contribution in [0.5, 0.6) is 23.0 Å². The number of nitrogens with two attached hydrogens (primary N) is 1. The summed E-state index contributed by atoms with van der Waals surface area (Å²) in [4.78, 5) is 4.12. The third-order valence-electron chi connectivity index (χ3n) is 2.60. The van der Waals surface area contributed by atoms with Gasteiger partial charge in [0.1, 0.15) is 5.75 Å². The predicted molar refractivity (Wildman–Crippen MR) is 71.7 cm³/mol. The first-order valence-corrected chi connectivity index (χ1v) is 5.82. The molecule has 0 spiro atoms. The molecule has 0 bridgehead atoms. The van der Waals surface area contributed by atoms with Crippen LogP contribution in [0, 0.1) is 0 Å². The van der Waals surface area contributed by atoms with Gasteiger partial charge in [0.15, 0.2) is 11.5 Å². The predicted octanol–water partition coefficient (Wildman–Crippen LogP) is 2.35. The number of benzene rings is 1. The zero-order chi connectivity index (χ0) is 13.7. The number of ether oxygens (including phenoxy) is 3. The standard InChI is InChI=1S/C14H16N2O3/c1-17-12-4-3-5-13(18-2)14(12)19-11-6-7-16-10(8-11)9-15/h3-8H,9,15H2,1-2H3. The van der Waals surface area contributed by atoms with Gasteiger partial charge in [-0.25, -0.2) is 0 Å². The number of rotatable bonds is 5. The quantitative estimate of drug-likeness (QED) is 0.893. The van der Waals surface area contributed by atoms with Crippen LogP contribution in [0.1, 0.15) is 5.69 Å². The van der Waals surface area contributed by atoms with Crippen molar-refractivity contribution >= 4 is 0 Å². The van der Waals surface area contributed by atoms with Gasteiger partial charge in [0.05, 0.1) is 19.9 Å². The molecular formula is C14H16N2O3. The first-order valence-electron chi connectivity index (χ1n) is 5.82. The van der Waals surface area contributed by atoms with E-state index in [1.165, 1.54) is 0 Å². The Morgan fingerprint density at radius 3 is 2.37 bits per heavy atom. The molecule has 2 N–H and O–H groups in total. The second-order valence-corrected chi connectivity index (χ2v) is 3.78. The highest BCUT2D eigenvalue weighted by molar-refractivity contribution is 5.53. The minimum atomic E-state index is 0.361. The normalized spacial score (nSPS) is 10.1. The zero-order valence-electron chi connectivity index (χ0n) is 10.9. The molecule has 1 heterocycles. The molecule has 5 nitrogen and oxygen atoms in total. The third-order valence-corrected chi connectivity index (χ3v) is 2.60. The van der Waals surface area contributed by atoms with E-state index in [1.807, 2.05) is 18.2 Å². The molecule has 0 aliphatic rings. The van der Waals surface area contributed by atoms with Gasteiger partial charge in [-0.05, 0) is 18.2 Å². The largest absolute Gasteiger partial charge is 0.493 e. The zero-order valence-corrected chi connectivity index (χ0v) is 10.9. The molecule has 2 rings (SSSR count). The molecule has 100 valence electrons. The second kappa shape index (κ2) is 6.06. The maximum Gasteiger partial charge on any atom is 0.210 e. The van der Waals surface area contributed by atoms with Crippen molar-refractivity contribution < 1.29 is 14.2 Å². The van der Waals surface area contributed by atoms with Crippen LogP contribution in [-0.2, 0) is 6.54 Å². The van der Waals surface area contributed by atoms with Crippen molar-refractivity contribution in [2.75, 3.05) is 14.2 Å². The van der Waals surface area contributed by atoms with Crippen LogP contribution < -0.4 is 19.9 Å². The summed E-state index contributed by atoms with van der Waals surface area (Å²) in [6.07, 6.45) is 1.65. The van der Waals surface area contributed by atoms with E-state index in [4.69, 9.17) is 19.9 Å². The topological polar surface area (TPSA) is 66.6 Å². The Bertz CT molecular complexity index is 536. The highest BCUT2D eigenvalue weighted by Gasteiger charge is 2.12. The highest BCUT2D eigenvalue weighted by Crippen LogP contribution is 2.39. The summed E-state index contributed by atoms with van der Waals surface area (Å²) >= 11 is 0. The highest BCUT2D eigenvalue weighted by atomic mass is 16.5. The van der Waals surface area contributed by atoms with Gasteiger partial charge in [0.25, 0.3) is 0 Å². The van der Waals surface area contributed by atoms with Gasteiger partial charge >= 0.3 is 0 Å². The van der Waals surface area contributed by atoms with Crippen LogP contribution in [0.3, 0.4) is 0 Å². The Balaban J connectivity index is 2.36. The first-order chi connectivity index (χ1) is 9.28. The van der Waals surface area contributed by atoms with Crippen molar-refractivity contribution in [3.63, 3.8) is 0 Å². The third kappa shape index (κ3) is 2.95. The first kappa shape index (κ1) is 13.2. The van der Waals surface area contributed by atoms with E-state index in [2.05, 4.69) is 4.98 Å². The van der Waals surface area contributed by atoms with E-state index >= 15 is 0 Å². The maximum atomic E-state index is 5.82. The number of aromatic nitrogens is 1. The van der Waals surface area contributed by atoms with Crippen LogP contribution in [0.15, 0.2) is 36.5 Å². The fourth-order valence-electron chi connectivity index (χ4n) is 1.67. The van der Waals surface area contributed by atoms with Crippen molar-refractivity contribution in [3.05, 3.63) is 42.2 Å². The van der Waals surface area contributed by atoms with Crippen molar-refractivity contribution in [3.8, 4) is 23.0 Å². The molecule has 0 fully saturated rings. The Morgan fingerprint density at radius 1 is 1.11 bits per heavy atom. The van der Waals surface area contributed by atoms with Crippen LogP contribution in [0.2, 0.25) is 0 Å². The van der Waals surface area contributed by atoms with Crippen molar-refractivity contribution in [1.82, 2.24) is 4.98 Å². The summed E-state index contributed by atoms with van der Waals surface area (Å²) in [6.45, 7) is 0.361. The lowest BCUT2D eigenvalue weighted by Gasteiger charge is -2.14. The smallest absolute Gasteiger partial charge is 0.210 e. The van der Waals surface area contributed by atoms with Gasteiger partial charge in [-0.2, -0.15) is 0 Å². The molecule has 0 saturated carbocycles. The second-order valence-electron chi connectivity index (χ2n) is 3.78. The SMILES string of the molecule is COc1cccc(OC)c1Oc1ccnc(CN)c1. The lowest BCUT2D eigenvalue weighted by molar-refractivity contribution is 0.346. The molecule has 2 aromatic rings. The van der Waals surface area contributed by atoms with E-state index in [1.54, 1.807) is 32.5 Å². The summed E-state index contributed by atoms with van der Waals surface area (Å²) in [5, 5.41) is 0. The molecule has 19 heavy (non-hydrogen) atoms. The van der Waals surface area contributed by atoms with Gasteiger partial charge < -0.3 is 19.9 Å². The number of hydrogen-bond acceptors (Lipinski definition) is 5. The number of pyridine rings is 1. The number of para-hydroxylation sites is 1. The maximum absolute atomic E-state index is 5.82. The molecule has 5 heteroatoms. The summed E-state index contributed by atoms with van der Waals surface area (Å²) in [7, 11) is 3.17. The molecule has 1 aromatic heterocycles. The van der Waals surface area contributed by atoms with Crippen molar-refractivity contribution in [2.45, 2.75) is 6.54 Å². The van der Waals surface area contributed by atoms with Gasteiger partial charge in [0, 0.05) is 18.8 Å². The molecular weight excluding hydrogens is 244 g/mol. The summed E-state index contributed by atoms with van der Waals surface area (Å²) in [6, 6.07) is 8.99. The fourth-order valence-corrected chi connectivity index (χ4v) is 1.67. The molecule has 0 aliphatic carbocycles. The van der Waals surface area contributed by atoms with Gasteiger partial charge in [0.2, 0.25) is 5.75 Å². The Kier molecular flexibility index (Phi) is 4.20. The van der Waals surface area contributed by atoms with Crippen LogP contribution in [0.25, 0.3) is 0 Å². The van der Waals surface area contributed by atoms with Gasteiger partial charge in [-0.1, -0.05) is 6.07 Å². The van der Waals surface area contributed by atoms with Crippen LogP contribution in [0.4, 0.5) is 0 Å². The monoisotopic (exact) mass is 260 g/mol. The fraction of sp³-hybridized carbons (Fsp3) is 0.214. The van der Waals surface area contributed by atoms with E-state index in [0.29, 0.717) is 29.5 Å². The van der Waals surface area contributed by atoms with E-state index in [-0.39, 0.29) is 0 Å². The van der Waals surface area contributed by atoms with Crippen molar-refractivity contribution in [1.29, 1.82) is 0 Å². The molecule has 0 amide bonds. The molecule has 0 radical (unpaired) electrons. The molecule has 1 aromatic carbocycles. The van der Waals surface area contributed by atoms with Gasteiger partial charge in [-0.3, -0.25) is 4.98 Å². The molecule has 0 aliphatic heterocycles. The van der Waals surface area contributed by atoms with Gasteiger partial charge in [-0.15, -0.1) is 0 Å². The summed E-state index contributed by atoms with van der Waals surface area (Å²) in [5.41, 5.74) is 6.31. The average molecular weight is 260 g/mol. The average Bonchev–Trinajstić information content (AvgIpc) is 2.47. The molecule has 0 saturated heterocycles. The van der Waals surface area contributed by atoms with Crippen LogP contribution in [-0.4, -0.2) is 19.2 Å². The lowest BCUT2D eigenvalue weighted by atomic mass is 10.3. The van der Waals surface area contributed by atoms with Crippen molar-refractivity contribution in [2.24, 2.45) is 5.73 Å². The summed E-state index contributed by atoms with van der Waals surface area (Å²) < 4.78 is 16.4. The summed E-state index contributed by atoms with van der Waals surface area (Å²) in [5.74, 6) is 2.37. The Labute approximate surface area is 111 Å². The van der Waals surface area contributed by atoms with Crippen LogP contribution >= 0.6 is 0 Å². The number of hydrogen-bond donors (Lipinski definition) is 1. The Hall–Kier alpha value is -2.27. The number of methoxy groups -OCH3 is 2. The minimum absolute atomic E-state index is 0.361.